The minimum atomic E-state index is -0.480. The smallest absolute Gasteiger partial charge is 0.407 e. The van der Waals surface area contributed by atoms with Crippen LogP contribution in [0.3, 0.4) is 0 Å². The van der Waals surface area contributed by atoms with Crippen LogP contribution in [0.25, 0.3) is 0 Å². The third kappa shape index (κ3) is 6.49. The minimum absolute atomic E-state index is 0.124. The maximum absolute atomic E-state index is 11.8. The van der Waals surface area contributed by atoms with E-state index in [1.807, 2.05) is 39.0 Å². The molecule has 2 rings (SSSR count). The van der Waals surface area contributed by atoms with Gasteiger partial charge >= 0.3 is 6.09 Å². The first-order valence-corrected chi connectivity index (χ1v) is 8.77. The number of aliphatic hydroxyl groups excluding tert-OH is 1. The fraction of sp³-hybridized carbons (Fsp3) is 0.632. The Kier molecular flexibility index (Phi) is 6.63. The van der Waals surface area contributed by atoms with Crippen LogP contribution in [0.5, 0.6) is 0 Å². The monoisotopic (exact) mass is 334 g/mol. The van der Waals surface area contributed by atoms with Gasteiger partial charge in [0.2, 0.25) is 0 Å². The van der Waals surface area contributed by atoms with Crippen molar-refractivity contribution in [3.63, 3.8) is 0 Å². The molecule has 0 aliphatic heterocycles. The summed E-state index contributed by atoms with van der Waals surface area (Å²) in [5.74, 6) is 0.546. The Morgan fingerprint density at radius 2 is 1.96 bits per heavy atom. The fourth-order valence-corrected chi connectivity index (χ4v) is 2.88. The highest BCUT2D eigenvalue weighted by molar-refractivity contribution is 5.67. The summed E-state index contributed by atoms with van der Waals surface area (Å²) in [5.41, 5.74) is 0.732. The highest BCUT2D eigenvalue weighted by atomic mass is 16.6. The van der Waals surface area contributed by atoms with Crippen molar-refractivity contribution in [2.75, 3.05) is 13.1 Å². The van der Waals surface area contributed by atoms with Crippen molar-refractivity contribution in [2.45, 2.75) is 57.8 Å². The van der Waals surface area contributed by atoms with Crippen molar-refractivity contribution in [2.24, 2.45) is 5.92 Å². The van der Waals surface area contributed by atoms with Crippen LogP contribution >= 0.6 is 0 Å². The van der Waals surface area contributed by atoms with Crippen LogP contribution in [-0.4, -0.2) is 36.0 Å². The SMILES string of the molecule is CC(C)(C)OC(=O)NCCC(NCC1CC(O)C1)c1ccccc1. The van der Waals surface area contributed by atoms with Crippen LogP contribution in [0.4, 0.5) is 4.79 Å². The number of carbonyl (C=O) groups excluding carboxylic acids is 1. The summed E-state index contributed by atoms with van der Waals surface area (Å²) in [6.07, 6.45) is 2.05. The number of alkyl carbamates (subject to hydrolysis) is 1. The molecule has 1 saturated carbocycles. The third-order valence-electron chi connectivity index (χ3n) is 4.17. The first-order chi connectivity index (χ1) is 11.3. The van der Waals surface area contributed by atoms with E-state index in [0.29, 0.717) is 12.5 Å². The number of carbonyl (C=O) groups is 1. The van der Waals surface area contributed by atoms with Gasteiger partial charge in [-0.05, 0) is 58.1 Å². The number of nitrogens with one attached hydrogen (secondary N) is 2. The van der Waals surface area contributed by atoms with Crippen molar-refractivity contribution < 1.29 is 14.6 Å². The largest absolute Gasteiger partial charge is 0.444 e. The number of benzene rings is 1. The number of ether oxygens (including phenoxy) is 1. The number of rotatable bonds is 7. The second kappa shape index (κ2) is 8.49. The second-order valence-corrected chi connectivity index (χ2v) is 7.58. The zero-order valence-corrected chi connectivity index (χ0v) is 14.9. The molecule has 1 aromatic carbocycles. The van der Waals surface area contributed by atoms with Gasteiger partial charge in [0.25, 0.3) is 0 Å². The lowest BCUT2D eigenvalue weighted by molar-refractivity contribution is 0.0413. The van der Waals surface area contributed by atoms with Crippen LogP contribution in [-0.2, 0) is 4.74 Å². The van der Waals surface area contributed by atoms with E-state index in [2.05, 4.69) is 22.8 Å². The van der Waals surface area contributed by atoms with E-state index in [-0.39, 0.29) is 18.2 Å². The van der Waals surface area contributed by atoms with E-state index in [1.165, 1.54) is 5.56 Å². The summed E-state index contributed by atoms with van der Waals surface area (Å²) in [6, 6.07) is 10.4. The summed E-state index contributed by atoms with van der Waals surface area (Å²) < 4.78 is 5.26. The predicted octanol–water partition coefficient (Wildman–Crippen LogP) is 3.00. The van der Waals surface area contributed by atoms with Crippen molar-refractivity contribution in [3.05, 3.63) is 35.9 Å². The molecule has 1 fully saturated rings. The molecule has 0 aromatic heterocycles. The first-order valence-electron chi connectivity index (χ1n) is 8.77. The molecular formula is C19H30N2O3. The van der Waals surface area contributed by atoms with Gasteiger partial charge in [0.05, 0.1) is 6.10 Å². The normalized spacial score (nSPS) is 21.7. The molecule has 5 nitrogen and oxygen atoms in total. The molecule has 0 spiro atoms. The van der Waals surface area contributed by atoms with E-state index in [4.69, 9.17) is 4.74 Å². The molecule has 1 unspecified atom stereocenters. The van der Waals surface area contributed by atoms with E-state index >= 15 is 0 Å². The van der Waals surface area contributed by atoms with Crippen LogP contribution in [0.15, 0.2) is 30.3 Å². The van der Waals surface area contributed by atoms with Gasteiger partial charge in [-0.2, -0.15) is 0 Å². The molecule has 0 saturated heterocycles. The molecule has 3 N–H and O–H groups in total. The molecule has 0 radical (unpaired) electrons. The topological polar surface area (TPSA) is 70.6 Å². The third-order valence-corrected chi connectivity index (χ3v) is 4.17. The van der Waals surface area contributed by atoms with Gasteiger partial charge in [0.1, 0.15) is 5.60 Å². The van der Waals surface area contributed by atoms with E-state index < -0.39 is 5.60 Å². The van der Waals surface area contributed by atoms with Crippen LogP contribution in [0.2, 0.25) is 0 Å². The molecule has 1 atom stereocenters. The van der Waals surface area contributed by atoms with Crippen molar-refractivity contribution in [3.8, 4) is 0 Å². The van der Waals surface area contributed by atoms with Gasteiger partial charge in [-0.15, -0.1) is 0 Å². The Hall–Kier alpha value is -1.59. The number of hydrogen-bond acceptors (Lipinski definition) is 4. The van der Waals surface area contributed by atoms with Crippen LogP contribution in [0, 0.1) is 5.92 Å². The second-order valence-electron chi connectivity index (χ2n) is 7.58. The number of amides is 1. The van der Waals surface area contributed by atoms with E-state index in [0.717, 1.165) is 25.8 Å². The summed E-state index contributed by atoms with van der Waals surface area (Å²) in [4.78, 5) is 11.8. The van der Waals surface area contributed by atoms with Crippen molar-refractivity contribution in [1.29, 1.82) is 0 Å². The number of hydrogen-bond donors (Lipinski definition) is 3. The highest BCUT2D eigenvalue weighted by Crippen LogP contribution is 2.27. The quantitative estimate of drug-likeness (QED) is 0.717. The van der Waals surface area contributed by atoms with Gasteiger partial charge in [-0.25, -0.2) is 4.79 Å². The molecule has 0 heterocycles. The molecular weight excluding hydrogens is 304 g/mol. The Morgan fingerprint density at radius 1 is 1.29 bits per heavy atom. The zero-order valence-electron chi connectivity index (χ0n) is 14.9. The summed E-state index contributed by atoms with van der Waals surface area (Å²) in [6.45, 7) is 7.01. The van der Waals surface area contributed by atoms with Gasteiger partial charge in [-0.1, -0.05) is 30.3 Å². The maximum atomic E-state index is 11.8. The van der Waals surface area contributed by atoms with Crippen LogP contribution in [0.1, 0.15) is 51.6 Å². The van der Waals surface area contributed by atoms with E-state index in [9.17, 15) is 9.90 Å². The molecule has 24 heavy (non-hydrogen) atoms. The summed E-state index contributed by atoms with van der Waals surface area (Å²) >= 11 is 0. The maximum Gasteiger partial charge on any atom is 0.407 e. The lowest BCUT2D eigenvalue weighted by atomic mass is 9.82. The molecule has 1 amide bonds. The molecule has 0 bridgehead atoms. The average Bonchev–Trinajstić information content (AvgIpc) is 2.47. The summed E-state index contributed by atoms with van der Waals surface area (Å²) in [5, 5.41) is 15.8. The molecule has 5 heteroatoms. The molecule has 1 aliphatic rings. The Balaban J connectivity index is 1.81. The van der Waals surface area contributed by atoms with Crippen LogP contribution < -0.4 is 10.6 Å². The fourth-order valence-electron chi connectivity index (χ4n) is 2.88. The van der Waals surface area contributed by atoms with Gasteiger partial charge in [0, 0.05) is 12.6 Å². The summed E-state index contributed by atoms with van der Waals surface area (Å²) in [7, 11) is 0. The standard InChI is InChI=1S/C19H30N2O3/c1-19(2,3)24-18(23)20-10-9-17(15-7-5-4-6-8-15)21-13-14-11-16(22)12-14/h4-8,14,16-17,21-22H,9-13H2,1-3H3,(H,20,23). The van der Waals surface area contributed by atoms with Crippen molar-refractivity contribution >= 4 is 6.09 Å². The minimum Gasteiger partial charge on any atom is -0.444 e. The Labute approximate surface area is 144 Å². The zero-order chi connectivity index (χ0) is 17.6. The lowest BCUT2D eigenvalue weighted by Crippen LogP contribution is -2.39. The van der Waals surface area contributed by atoms with Gasteiger partial charge in [-0.3, -0.25) is 0 Å². The van der Waals surface area contributed by atoms with E-state index in [1.54, 1.807) is 0 Å². The first kappa shape index (κ1) is 18.7. The Morgan fingerprint density at radius 3 is 2.54 bits per heavy atom. The predicted molar refractivity (Wildman–Crippen MR) is 94.8 cm³/mol. The lowest BCUT2D eigenvalue weighted by Gasteiger charge is -2.33. The molecule has 134 valence electrons. The molecule has 1 aliphatic carbocycles. The Bertz CT molecular complexity index is 507. The number of aliphatic hydroxyl groups is 1. The van der Waals surface area contributed by atoms with Gasteiger partial charge in [0.15, 0.2) is 0 Å². The molecule has 1 aromatic rings. The van der Waals surface area contributed by atoms with Gasteiger partial charge < -0.3 is 20.5 Å². The highest BCUT2D eigenvalue weighted by Gasteiger charge is 2.27. The van der Waals surface area contributed by atoms with Crippen molar-refractivity contribution in [1.82, 2.24) is 10.6 Å². The average molecular weight is 334 g/mol.